The third-order valence-corrected chi connectivity index (χ3v) is 9.89. The zero-order valence-electron chi connectivity index (χ0n) is 19.5. The van der Waals surface area contributed by atoms with Crippen LogP contribution in [-0.4, -0.2) is 20.1 Å². The lowest BCUT2D eigenvalue weighted by Gasteiger charge is -2.59. The van der Waals surface area contributed by atoms with Gasteiger partial charge in [0.15, 0.2) is 11.4 Å². The van der Waals surface area contributed by atoms with Crippen LogP contribution in [-0.2, 0) is 4.79 Å². The number of amides is 1. The summed E-state index contributed by atoms with van der Waals surface area (Å²) in [6.07, 6.45) is 9.77. The van der Waals surface area contributed by atoms with Crippen LogP contribution in [0.1, 0.15) is 72.1 Å². The molecule has 162 valence electrons. The lowest BCUT2D eigenvalue weighted by Crippen LogP contribution is -2.62. The smallest absolute Gasteiger partial charge is 0.323 e. The van der Waals surface area contributed by atoms with Gasteiger partial charge in [0.25, 0.3) is 0 Å². The molecule has 1 aliphatic heterocycles. The number of carbonyl (C=O) groups excluding carboxylic acids is 1. The highest BCUT2D eigenvalue weighted by Gasteiger charge is 2.63. The number of ether oxygens (including phenoxy) is 1. The summed E-state index contributed by atoms with van der Waals surface area (Å²) >= 11 is 0. The number of allylic oxidation sites excluding steroid dienone is 2. The molecule has 30 heavy (non-hydrogen) atoms. The Bertz CT molecular complexity index is 919. The Morgan fingerprint density at radius 3 is 2.60 bits per heavy atom. The van der Waals surface area contributed by atoms with Crippen molar-refractivity contribution >= 4 is 11.6 Å². The second-order valence-electron chi connectivity index (χ2n) is 11.3. The average molecular weight is 409 g/mol. The molecule has 0 spiro atoms. The molecule has 1 heterocycles. The molecule has 3 aliphatic carbocycles. The average Bonchev–Trinajstić information content (AvgIpc) is 3.13. The van der Waals surface area contributed by atoms with Crippen LogP contribution < -0.4 is 9.22 Å². The summed E-state index contributed by atoms with van der Waals surface area (Å²) in [5.74, 6) is 3.50. The molecule has 3 fully saturated rings. The quantitative estimate of drug-likeness (QED) is 0.524. The zero-order valence-corrected chi connectivity index (χ0v) is 19.5. The molecule has 1 saturated heterocycles. The van der Waals surface area contributed by atoms with E-state index >= 15 is 0 Å². The van der Waals surface area contributed by atoms with E-state index in [1.54, 1.807) is 7.11 Å². The van der Waals surface area contributed by atoms with Gasteiger partial charge in [-0.2, -0.15) is 4.48 Å². The van der Waals surface area contributed by atoms with Crippen molar-refractivity contribution in [1.82, 2.24) is 4.48 Å². The number of carbonyl (C=O) groups is 1. The predicted octanol–water partition coefficient (Wildman–Crippen LogP) is 6.47. The molecule has 5 rings (SSSR count). The van der Waals surface area contributed by atoms with E-state index in [9.17, 15) is 4.79 Å². The number of likely N-dealkylation sites (tertiary alicyclic amines) is 1. The summed E-state index contributed by atoms with van der Waals surface area (Å²) in [7, 11) is 3.86. The standard InChI is InChI=1S/C27H38NO2/c1-18-17-19-20-9-8-14-26(20,2)15-12-21(19)27(3)16-13-24(29)28(4,25(18)27)22-10-6-7-11-23(22)30-5/h6-7,10-11,19-21H,8-9,12-17H2,1-5H3/q+1/t19-,20-,21-,26-,27+,28?/m0/s1. The molecule has 1 amide bonds. The summed E-state index contributed by atoms with van der Waals surface area (Å²) in [6.45, 7) is 7.39. The van der Waals surface area contributed by atoms with Gasteiger partial charge in [-0.25, -0.2) is 4.79 Å². The molecule has 3 nitrogen and oxygen atoms in total. The number of rotatable bonds is 2. The number of quaternary nitrogens is 1. The lowest BCUT2D eigenvalue weighted by molar-refractivity contribution is -0.135. The normalized spacial score (nSPS) is 43.1. The Labute approximate surface area is 182 Å². The summed E-state index contributed by atoms with van der Waals surface area (Å²) in [4.78, 5) is 13.6. The van der Waals surface area contributed by atoms with E-state index in [1.165, 1.54) is 49.8 Å². The van der Waals surface area contributed by atoms with Gasteiger partial charge < -0.3 is 4.74 Å². The minimum absolute atomic E-state index is 0.0977. The van der Waals surface area contributed by atoms with Crippen molar-refractivity contribution in [1.29, 1.82) is 0 Å². The summed E-state index contributed by atoms with van der Waals surface area (Å²) in [5, 5.41) is 0. The topological polar surface area (TPSA) is 26.3 Å². The highest BCUT2D eigenvalue weighted by atomic mass is 16.5. The molecule has 4 aliphatic rings. The highest BCUT2D eigenvalue weighted by Crippen LogP contribution is 2.67. The first-order chi connectivity index (χ1) is 14.3. The van der Waals surface area contributed by atoms with Crippen molar-refractivity contribution in [3.8, 4) is 5.75 Å². The summed E-state index contributed by atoms with van der Waals surface area (Å²) in [6, 6.07) is 8.16. The van der Waals surface area contributed by atoms with Crippen molar-refractivity contribution < 1.29 is 9.53 Å². The molecular formula is C27H38NO2+. The third-order valence-electron chi connectivity index (χ3n) is 9.89. The Morgan fingerprint density at radius 1 is 1.07 bits per heavy atom. The van der Waals surface area contributed by atoms with E-state index < -0.39 is 0 Å². The summed E-state index contributed by atoms with van der Waals surface area (Å²) in [5.41, 5.74) is 4.51. The summed E-state index contributed by atoms with van der Waals surface area (Å²) < 4.78 is 6.05. The van der Waals surface area contributed by atoms with Crippen molar-refractivity contribution in [2.75, 3.05) is 14.2 Å². The van der Waals surface area contributed by atoms with Gasteiger partial charge >= 0.3 is 5.91 Å². The fourth-order valence-corrected chi connectivity index (χ4v) is 8.63. The minimum Gasteiger partial charge on any atom is -0.491 e. The number of hydrogen-bond donors (Lipinski definition) is 0. The van der Waals surface area contributed by atoms with E-state index in [0.29, 0.717) is 28.1 Å². The number of nitrogens with zero attached hydrogens (tertiary/aromatic N) is 1. The second kappa shape index (κ2) is 6.69. The Kier molecular flexibility index (Phi) is 4.53. The van der Waals surface area contributed by atoms with Gasteiger partial charge in [0.05, 0.1) is 20.6 Å². The van der Waals surface area contributed by atoms with E-state index in [0.717, 1.165) is 29.7 Å². The first-order valence-electron chi connectivity index (χ1n) is 12.0. The van der Waals surface area contributed by atoms with Gasteiger partial charge in [-0.1, -0.05) is 32.4 Å². The molecule has 0 N–H and O–H groups in total. The first kappa shape index (κ1) is 20.3. The molecule has 1 unspecified atom stereocenters. The van der Waals surface area contributed by atoms with E-state index in [1.807, 2.05) is 18.2 Å². The SMILES string of the molecule is COc1ccccc1[N+]1(C)C(=O)CC[C@@]2(C)C1=C(C)C[C@H]1[C@@H]3CCC[C@@]3(C)CC[C@@H]12. The van der Waals surface area contributed by atoms with E-state index in [2.05, 4.69) is 33.9 Å². The van der Waals surface area contributed by atoms with Crippen LogP contribution in [0.15, 0.2) is 35.5 Å². The molecular weight excluding hydrogens is 370 g/mol. The Morgan fingerprint density at radius 2 is 1.83 bits per heavy atom. The fourth-order valence-electron chi connectivity index (χ4n) is 8.63. The number of piperidine rings is 1. The lowest BCUT2D eigenvalue weighted by atomic mass is 9.48. The molecule has 0 radical (unpaired) electrons. The monoisotopic (exact) mass is 408 g/mol. The maximum Gasteiger partial charge on any atom is 0.323 e. The first-order valence-corrected chi connectivity index (χ1v) is 12.0. The van der Waals surface area contributed by atoms with Gasteiger partial charge in [0.2, 0.25) is 0 Å². The van der Waals surface area contributed by atoms with Crippen LogP contribution in [0.3, 0.4) is 0 Å². The van der Waals surface area contributed by atoms with Crippen LogP contribution >= 0.6 is 0 Å². The third kappa shape index (κ3) is 2.51. The molecule has 6 atom stereocenters. The zero-order chi connectivity index (χ0) is 21.3. The van der Waals surface area contributed by atoms with Crippen molar-refractivity contribution in [2.24, 2.45) is 28.6 Å². The highest BCUT2D eigenvalue weighted by molar-refractivity contribution is 5.94. The Balaban J connectivity index is 1.68. The number of hydrogen-bond acceptors (Lipinski definition) is 2. The van der Waals surface area contributed by atoms with E-state index in [4.69, 9.17) is 4.74 Å². The van der Waals surface area contributed by atoms with Crippen LogP contribution in [0, 0.1) is 28.6 Å². The van der Waals surface area contributed by atoms with Gasteiger partial charge in [-0.15, -0.1) is 0 Å². The molecule has 0 aromatic heterocycles. The second-order valence-corrected chi connectivity index (χ2v) is 11.3. The Hall–Kier alpha value is -1.61. The fraction of sp³-hybridized carbons (Fsp3) is 0.667. The van der Waals surface area contributed by atoms with Gasteiger partial charge in [-0.05, 0) is 80.3 Å². The maximum absolute atomic E-state index is 13.6. The molecule has 1 aromatic carbocycles. The van der Waals surface area contributed by atoms with Crippen molar-refractivity contribution in [3.63, 3.8) is 0 Å². The number of para-hydroxylation sites is 2. The molecule has 2 saturated carbocycles. The van der Waals surface area contributed by atoms with Crippen LogP contribution in [0.2, 0.25) is 0 Å². The van der Waals surface area contributed by atoms with Crippen LogP contribution in [0.25, 0.3) is 0 Å². The van der Waals surface area contributed by atoms with Gasteiger partial charge in [-0.3, -0.25) is 0 Å². The molecule has 1 aromatic rings. The van der Waals surface area contributed by atoms with Crippen LogP contribution in [0.4, 0.5) is 5.69 Å². The van der Waals surface area contributed by atoms with Crippen molar-refractivity contribution in [2.45, 2.75) is 72.1 Å². The van der Waals surface area contributed by atoms with Gasteiger partial charge in [0.1, 0.15) is 5.70 Å². The largest absolute Gasteiger partial charge is 0.491 e. The van der Waals surface area contributed by atoms with Crippen LogP contribution in [0.5, 0.6) is 5.75 Å². The number of methoxy groups -OCH3 is 1. The van der Waals surface area contributed by atoms with Crippen molar-refractivity contribution in [3.05, 3.63) is 35.5 Å². The number of fused-ring (bicyclic) bond motifs is 5. The maximum atomic E-state index is 13.6. The van der Waals surface area contributed by atoms with E-state index in [-0.39, 0.29) is 5.41 Å². The minimum atomic E-state index is 0.0977. The molecule has 0 bridgehead atoms. The molecule has 3 heteroatoms. The van der Waals surface area contributed by atoms with Gasteiger partial charge in [0, 0.05) is 11.5 Å². The number of benzene rings is 1. The predicted molar refractivity (Wildman–Crippen MR) is 122 cm³/mol.